The van der Waals surface area contributed by atoms with Gasteiger partial charge in [-0.25, -0.2) is 9.18 Å². The Kier molecular flexibility index (Phi) is 4.11. The number of phenols is 1. The maximum absolute atomic E-state index is 14.3. The van der Waals surface area contributed by atoms with Crippen molar-refractivity contribution in [3.05, 3.63) is 58.1 Å². The Morgan fingerprint density at radius 2 is 1.97 bits per heavy atom. The van der Waals surface area contributed by atoms with Crippen LogP contribution < -0.4 is 5.43 Å². The molecule has 0 unspecified atom stereocenters. The van der Waals surface area contributed by atoms with Gasteiger partial charge >= 0.3 is 5.97 Å². The van der Waals surface area contributed by atoms with E-state index in [1.807, 2.05) is 20.8 Å². The number of carboxylic acids is 1. The van der Waals surface area contributed by atoms with E-state index in [1.165, 1.54) is 30.5 Å². The van der Waals surface area contributed by atoms with Crippen LogP contribution in [0.5, 0.6) is 5.75 Å². The number of benzene rings is 1. The number of carboxylic acid groups (broad SMARTS) is 1. The molecule has 0 bridgehead atoms. The summed E-state index contributed by atoms with van der Waals surface area (Å²) in [5.74, 6) is -2.12. The quantitative estimate of drug-likeness (QED) is 0.690. The van der Waals surface area contributed by atoms with Gasteiger partial charge in [-0.1, -0.05) is 26.8 Å². The van der Waals surface area contributed by atoms with Crippen molar-refractivity contribution in [1.82, 2.24) is 14.3 Å². The fourth-order valence-corrected chi connectivity index (χ4v) is 3.77. The van der Waals surface area contributed by atoms with Crippen LogP contribution in [0.4, 0.5) is 4.39 Å². The molecule has 150 valence electrons. The largest absolute Gasteiger partial charge is 0.507 e. The standard InChI is InChI=1S/C21H20FN3O4/c1-21(2,3)18-10-25-15(14-8-17(27)11(20(28)29)9-24(14)18)7-13(23-25)19-12(22)5-4-6-16(19)26/h4-9,18,26H,10H2,1-3H3,(H,28,29)/t18-/m0/s1. The molecule has 0 amide bonds. The number of aromatic carboxylic acids is 1. The summed E-state index contributed by atoms with van der Waals surface area (Å²) in [6, 6.07) is 6.71. The number of hydrogen-bond donors (Lipinski definition) is 2. The normalized spacial score (nSPS) is 15.7. The highest BCUT2D eigenvalue weighted by atomic mass is 19.1. The summed E-state index contributed by atoms with van der Waals surface area (Å²) in [4.78, 5) is 23.8. The number of fused-ring (bicyclic) bond motifs is 3. The first kappa shape index (κ1) is 18.9. The monoisotopic (exact) mass is 397 g/mol. The van der Waals surface area contributed by atoms with Crippen LogP contribution in [-0.2, 0) is 6.54 Å². The molecule has 1 aliphatic heterocycles. The summed E-state index contributed by atoms with van der Waals surface area (Å²) in [5.41, 5.74) is 0.0928. The topological polar surface area (TPSA) is 97.3 Å². The first-order valence-electron chi connectivity index (χ1n) is 9.13. The number of aromatic nitrogens is 3. The van der Waals surface area contributed by atoms with Gasteiger partial charge in [0.25, 0.3) is 0 Å². The second-order valence-corrected chi connectivity index (χ2v) is 8.26. The van der Waals surface area contributed by atoms with Crippen molar-refractivity contribution in [1.29, 1.82) is 0 Å². The van der Waals surface area contributed by atoms with Gasteiger partial charge in [-0.05, 0) is 23.6 Å². The Bertz CT molecular complexity index is 1180. The third-order valence-electron chi connectivity index (χ3n) is 5.28. The molecule has 29 heavy (non-hydrogen) atoms. The molecule has 0 spiro atoms. The van der Waals surface area contributed by atoms with Gasteiger partial charge in [0.05, 0.1) is 35.2 Å². The molecule has 1 aliphatic rings. The third kappa shape index (κ3) is 3.00. The lowest BCUT2D eigenvalue weighted by Crippen LogP contribution is -2.35. The second-order valence-electron chi connectivity index (χ2n) is 8.26. The Hall–Kier alpha value is -3.42. The highest BCUT2D eigenvalue weighted by Gasteiger charge is 2.34. The SMILES string of the molecule is CC(C)(C)[C@@H]1Cn2nc(-c3c(O)cccc3F)cc2-c2cc(=O)c(C(=O)O)cn21. The molecule has 7 nitrogen and oxygen atoms in total. The van der Waals surface area contributed by atoms with Gasteiger partial charge in [0.15, 0.2) is 5.43 Å². The fraction of sp³-hybridized carbons (Fsp3) is 0.286. The molecule has 0 aliphatic carbocycles. The van der Waals surface area contributed by atoms with Gasteiger partial charge < -0.3 is 14.8 Å². The zero-order chi connectivity index (χ0) is 21.1. The van der Waals surface area contributed by atoms with Gasteiger partial charge in [-0.15, -0.1) is 0 Å². The highest BCUT2D eigenvalue weighted by molar-refractivity contribution is 5.87. The number of hydrogen-bond acceptors (Lipinski definition) is 4. The van der Waals surface area contributed by atoms with Gasteiger partial charge in [0.1, 0.15) is 17.1 Å². The number of nitrogens with zero attached hydrogens (tertiary/aromatic N) is 3. The summed E-state index contributed by atoms with van der Waals surface area (Å²) in [6.07, 6.45) is 1.37. The Morgan fingerprint density at radius 3 is 2.59 bits per heavy atom. The van der Waals surface area contributed by atoms with Crippen molar-refractivity contribution in [2.24, 2.45) is 5.41 Å². The third-order valence-corrected chi connectivity index (χ3v) is 5.28. The molecule has 2 N–H and O–H groups in total. The Balaban J connectivity index is 1.98. The summed E-state index contributed by atoms with van der Waals surface area (Å²) >= 11 is 0. The van der Waals surface area contributed by atoms with Gasteiger partial charge in [0, 0.05) is 12.3 Å². The molecule has 0 saturated carbocycles. The molecular formula is C21H20FN3O4. The zero-order valence-corrected chi connectivity index (χ0v) is 16.2. The van der Waals surface area contributed by atoms with Crippen molar-refractivity contribution in [3.8, 4) is 28.4 Å². The van der Waals surface area contributed by atoms with E-state index in [2.05, 4.69) is 5.10 Å². The maximum atomic E-state index is 14.3. The Labute approximate surface area is 165 Å². The van der Waals surface area contributed by atoms with E-state index >= 15 is 0 Å². The number of halogens is 1. The molecule has 0 radical (unpaired) electrons. The smallest absolute Gasteiger partial charge is 0.341 e. The van der Waals surface area contributed by atoms with Crippen LogP contribution in [0, 0.1) is 11.2 Å². The molecule has 1 atom stereocenters. The molecule has 3 aromatic rings. The van der Waals surface area contributed by atoms with Crippen molar-refractivity contribution in [3.63, 3.8) is 0 Å². The average molecular weight is 397 g/mol. The van der Waals surface area contributed by atoms with Crippen LogP contribution in [-0.4, -0.2) is 30.5 Å². The number of aromatic hydroxyl groups is 1. The van der Waals surface area contributed by atoms with Crippen molar-refractivity contribution >= 4 is 5.97 Å². The lowest BCUT2D eigenvalue weighted by molar-refractivity contribution is 0.0693. The van der Waals surface area contributed by atoms with Gasteiger partial charge in [-0.3, -0.25) is 9.48 Å². The average Bonchev–Trinajstić information content (AvgIpc) is 3.03. The fourth-order valence-electron chi connectivity index (χ4n) is 3.77. The highest BCUT2D eigenvalue weighted by Crippen LogP contribution is 2.41. The van der Waals surface area contributed by atoms with E-state index in [0.29, 0.717) is 17.9 Å². The van der Waals surface area contributed by atoms with E-state index < -0.39 is 17.2 Å². The molecule has 3 heterocycles. The van der Waals surface area contributed by atoms with Crippen LogP contribution in [0.1, 0.15) is 37.2 Å². The first-order valence-corrected chi connectivity index (χ1v) is 9.13. The number of pyridine rings is 1. The van der Waals surface area contributed by atoms with Gasteiger partial charge in [0.2, 0.25) is 0 Å². The maximum Gasteiger partial charge on any atom is 0.341 e. The molecule has 2 aromatic heterocycles. The van der Waals surface area contributed by atoms with Crippen LogP contribution in [0.3, 0.4) is 0 Å². The number of phenolic OH excluding ortho intramolecular Hbond substituents is 1. The van der Waals surface area contributed by atoms with Crippen molar-refractivity contribution in [2.75, 3.05) is 0 Å². The lowest BCUT2D eigenvalue weighted by atomic mass is 9.85. The number of carbonyl (C=O) groups is 1. The zero-order valence-electron chi connectivity index (χ0n) is 16.2. The minimum Gasteiger partial charge on any atom is -0.507 e. The molecule has 1 aromatic carbocycles. The summed E-state index contributed by atoms with van der Waals surface area (Å²) in [7, 11) is 0. The summed E-state index contributed by atoms with van der Waals surface area (Å²) < 4.78 is 17.8. The van der Waals surface area contributed by atoms with Crippen LogP contribution >= 0.6 is 0 Å². The van der Waals surface area contributed by atoms with E-state index in [-0.39, 0.29) is 34.0 Å². The first-order chi connectivity index (χ1) is 13.6. The molecule has 8 heteroatoms. The minimum absolute atomic E-state index is 0.0160. The van der Waals surface area contributed by atoms with Crippen molar-refractivity contribution in [2.45, 2.75) is 33.4 Å². The van der Waals surface area contributed by atoms with E-state index in [4.69, 9.17) is 0 Å². The van der Waals surface area contributed by atoms with Crippen LogP contribution in [0.2, 0.25) is 0 Å². The van der Waals surface area contributed by atoms with E-state index in [1.54, 1.807) is 15.3 Å². The summed E-state index contributed by atoms with van der Waals surface area (Å²) in [6.45, 7) is 6.44. The van der Waals surface area contributed by atoms with E-state index in [0.717, 1.165) is 0 Å². The van der Waals surface area contributed by atoms with Crippen LogP contribution in [0.15, 0.2) is 41.3 Å². The summed E-state index contributed by atoms with van der Waals surface area (Å²) in [5, 5.41) is 24.0. The number of rotatable bonds is 2. The van der Waals surface area contributed by atoms with Crippen LogP contribution in [0.25, 0.3) is 22.6 Å². The minimum atomic E-state index is -1.28. The van der Waals surface area contributed by atoms with Gasteiger partial charge in [-0.2, -0.15) is 5.10 Å². The van der Waals surface area contributed by atoms with Crippen molar-refractivity contribution < 1.29 is 19.4 Å². The predicted molar refractivity (Wildman–Crippen MR) is 104 cm³/mol. The molecule has 4 rings (SSSR count). The molecule has 0 fully saturated rings. The second kappa shape index (κ2) is 6.30. The predicted octanol–water partition coefficient (Wildman–Crippen LogP) is 3.52. The molecular weight excluding hydrogens is 377 g/mol. The Morgan fingerprint density at radius 1 is 1.24 bits per heavy atom. The molecule has 0 saturated heterocycles. The van der Waals surface area contributed by atoms with E-state index in [9.17, 15) is 24.2 Å². The lowest BCUT2D eigenvalue weighted by Gasteiger charge is -2.38.